The van der Waals surface area contributed by atoms with Crippen molar-refractivity contribution in [3.8, 4) is 5.75 Å². The summed E-state index contributed by atoms with van der Waals surface area (Å²) in [6.45, 7) is 6.95. The van der Waals surface area contributed by atoms with Crippen LogP contribution in [-0.4, -0.2) is 38.2 Å². The summed E-state index contributed by atoms with van der Waals surface area (Å²) in [4.78, 5) is 2.42. The van der Waals surface area contributed by atoms with E-state index in [9.17, 15) is 0 Å². The van der Waals surface area contributed by atoms with E-state index >= 15 is 0 Å². The Hall–Kier alpha value is -1.06. The molecule has 0 aromatic heterocycles. The average molecular weight is 276 g/mol. The molecule has 0 bridgehead atoms. The molecule has 3 nitrogen and oxygen atoms in total. The van der Waals surface area contributed by atoms with Crippen molar-refractivity contribution in [3.05, 3.63) is 29.8 Å². The third kappa shape index (κ3) is 3.53. The van der Waals surface area contributed by atoms with E-state index in [4.69, 9.17) is 4.74 Å². The number of likely N-dealkylation sites (tertiary alicyclic amines) is 1. The maximum Gasteiger partial charge on any atom is 0.123 e. The second-order valence-corrected chi connectivity index (χ2v) is 6.00. The van der Waals surface area contributed by atoms with Crippen LogP contribution in [0.25, 0.3) is 0 Å². The van der Waals surface area contributed by atoms with Gasteiger partial charge in [-0.25, -0.2) is 0 Å². The minimum absolute atomic E-state index is 0.377. The number of ether oxygens (including phenoxy) is 1. The molecule has 1 aromatic rings. The molecule has 112 valence electrons. The Bertz CT molecular complexity index is 421. The zero-order valence-corrected chi connectivity index (χ0v) is 13.2. The maximum atomic E-state index is 5.51. The van der Waals surface area contributed by atoms with E-state index in [2.05, 4.69) is 49.3 Å². The summed E-state index contributed by atoms with van der Waals surface area (Å²) in [5.74, 6) is 1.69. The van der Waals surface area contributed by atoms with Crippen LogP contribution in [-0.2, 0) is 0 Å². The van der Waals surface area contributed by atoms with Gasteiger partial charge in [-0.1, -0.05) is 32.0 Å². The van der Waals surface area contributed by atoms with Gasteiger partial charge in [-0.3, -0.25) is 0 Å². The number of hydrogen-bond acceptors (Lipinski definition) is 3. The van der Waals surface area contributed by atoms with Crippen LogP contribution in [0.5, 0.6) is 5.75 Å². The van der Waals surface area contributed by atoms with Crippen LogP contribution in [0.2, 0.25) is 0 Å². The second-order valence-electron chi connectivity index (χ2n) is 6.00. The third-order valence-electron chi connectivity index (χ3n) is 4.45. The topological polar surface area (TPSA) is 24.5 Å². The van der Waals surface area contributed by atoms with Crippen molar-refractivity contribution in [2.45, 2.75) is 38.8 Å². The van der Waals surface area contributed by atoms with Crippen molar-refractivity contribution in [1.82, 2.24) is 10.2 Å². The number of benzene rings is 1. The highest BCUT2D eigenvalue weighted by Gasteiger charge is 2.26. The molecule has 20 heavy (non-hydrogen) atoms. The average Bonchev–Trinajstić information content (AvgIpc) is 2.46. The van der Waals surface area contributed by atoms with E-state index in [1.165, 1.54) is 25.1 Å². The fraction of sp³-hybridized carbons (Fsp3) is 0.647. The minimum atomic E-state index is 0.377. The fourth-order valence-electron chi connectivity index (χ4n) is 3.24. The van der Waals surface area contributed by atoms with Gasteiger partial charge in [0.1, 0.15) is 5.75 Å². The first-order chi connectivity index (χ1) is 9.65. The van der Waals surface area contributed by atoms with Gasteiger partial charge in [0.15, 0.2) is 0 Å². The second kappa shape index (κ2) is 7.09. The Balaban J connectivity index is 2.09. The number of nitrogens with one attached hydrogen (secondary N) is 1. The van der Waals surface area contributed by atoms with Gasteiger partial charge in [0, 0.05) is 24.2 Å². The van der Waals surface area contributed by atoms with Crippen molar-refractivity contribution in [2.75, 3.05) is 27.2 Å². The standard InChI is InChI=1S/C17H28N2O/c1-5-15(14-8-6-7-9-17(14)20-4)18-16-10-11-19(3)12-13(16)2/h6-9,13,15-16,18H,5,10-12H2,1-4H3. The zero-order valence-electron chi connectivity index (χ0n) is 13.2. The molecule has 0 amide bonds. The first-order valence-electron chi connectivity index (χ1n) is 7.73. The first-order valence-corrected chi connectivity index (χ1v) is 7.73. The molecule has 1 aliphatic heterocycles. The van der Waals surface area contributed by atoms with Crippen LogP contribution in [0.1, 0.15) is 38.3 Å². The van der Waals surface area contributed by atoms with Gasteiger partial charge in [-0.05, 0) is 38.4 Å². The van der Waals surface area contributed by atoms with E-state index in [0.717, 1.165) is 12.2 Å². The largest absolute Gasteiger partial charge is 0.496 e. The Morgan fingerprint density at radius 3 is 2.80 bits per heavy atom. The monoisotopic (exact) mass is 276 g/mol. The van der Waals surface area contributed by atoms with E-state index in [1.54, 1.807) is 7.11 Å². The number of hydrogen-bond donors (Lipinski definition) is 1. The van der Waals surface area contributed by atoms with Crippen molar-refractivity contribution in [3.63, 3.8) is 0 Å². The summed E-state index contributed by atoms with van der Waals surface area (Å²) in [6.07, 6.45) is 2.31. The Labute approximate surface area is 123 Å². The quantitative estimate of drug-likeness (QED) is 0.894. The summed E-state index contributed by atoms with van der Waals surface area (Å²) >= 11 is 0. The molecule has 0 saturated carbocycles. The van der Waals surface area contributed by atoms with Gasteiger partial charge >= 0.3 is 0 Å². The van der Waals surface area contributed by atoms with Gasteiger partial charge in [0.2, 0.25) is 0 Å². The maximum absolute atomic E-state index is 5.51. The summed E-state index contributed by atoms with van der Waals surface area (Å²) in [5, 5.41) is 3.86. The lowest BCUT2D eigenvalue weighted by Gasteiger charge is -2.37. The summed E-state index contributed by atoms with van der Waals surface area (Å²) in [7, 11) is 3.97. The normalized spacial score (nSPS) is 25.4. The molecule has 1 fully saturated rings. The van der Waals surface area contributed by atoms with Crippen molar-refractivity contribution < 1.29 is 4.74 Å². The van der Waals surface area contributed by atoms with Gasteiger partial charge in [0.05, 0.1) is 7.11 Å². The molecule has 1 aliphatic rings. The van der Waals surface area contributed by atoms with Gasteiger partial charge in [-0.15, -0.1) is 0 Å². The fourth-order valence-corrected chi connectivity index (χ4v) is 3.24. The van der Waals surface area contributed by atoms with Crippen LogP contribution < -0.4 is 10.1 Å². The molecule has 0 aliphatic carbocycles. The number of piperidine rings is 1. The predicted molar refractivity (Wildman–Crippen MR) is 84.2 cm³/mol. The van der Waals surface area contributed by atoms with E-state index in [0.29, 0.717) is 18.0 Å². The first kappa shape index (κ1) is 15.3. The molecule has 0 radical (unpaired) electrons. The lowest BCUT2D eigenvalue weighted by Crippen LogP contribution is -2.47. The third-order valence-corrected chi connectivity index (χ3v) is 4.45. The lowest BCUT2D eigenvalue weighted by atomic mass is 9.92. The van der Waals surface area contributed by atoms with Gasteiger partial charge in [-0.2, -0.15) is 0 Å². The molecule has 0 spiro atoms. The number of methoxy groups -OCH3 is 1. The predicted octanol–water partition coefficient (Wildman–Crippen LogP) is 3.08. The van der Waals surface area contributed by atoms with E-state index in [-0.39, 0.29) is 0 Å². The molecule has 1 heterocycles. The van der Waals surface area contributed by atoms with Crippen molar-refractivity contribution in [1.29, 1.82) is 0 Å². The van der Waals surface area contributed by atoms with E-state index < -0.39 is 0 Å². The summed E-state index contributed by atoms with van der Waals surface area (Å²) in [5.41, 5.74) is 1.28. The van der Waals surface area contributed by atoms with E-state index in [1.807, 2.05) is 6.07 Å². The molecule has 3 heteroatoms. The molecule has 3 unspecified atom stereocenters. The van der Waals surface area contributed by atoms with Gasteiger partial charge in [0.25, 0.3) is 0 Å². The van der Waals surface area contributed by atoms with Crippen LogP contribution >= 0.6 is 0 Å². The Kier molecular flexibility index (Phi) is 5.44. The Morgan fingerprint density at radius 2 is 2.15 bits per heavy atom. The van der Waals surface area contributed by atoms with Crippen molar-refractivity contribution in [2.24, 2.45) is 5.92 Å². The summed E-state index contributed by atoms with van der Waals surface area (Å²) < 4.78 is 5.51. The zero-order chi connectivity index (χ0) is 14.5. The lowest BCUT2D eigenvalue weighted by molar-refractivity contribution is 0.165. The van der Waals surface area contributed by atoms with Crippen LogP contribution in [0.15, 0.2) is 24.3 Å². The van der Waals surface area contributed by atoms with Crippen molar-refractivity contribution >= 4 is 0 Å². The highest BCUT2D eigenvalue weighted by atomic mass is 16.5. The number of rotatable bonds is 5. The molecule has 2 rings (SSSR count). The molecule has 3 atom stereocenters. The number of para-hydroxylation sites is 1. The molecule has 1 saturated heterocycles. The Morgan fingerprint density at radius 1 is 1.40 bits per heavy atom. The molecule has 1 N–H and O–H groups in total. The highest BCUT2D eigenvalue weighted by Crippen LogP contribution is 2.29. The van der Waals surface area contributed by atoms with Crippen LogP contribution in [0.3, 0.4) is 0 Å². The van der Waals surface area contributed by atoms with Crippen LogP contribution in [0, 0.1) is 5.92 Å². The summed E-state index contributed by atoms with van der Waals surface area (Å²) in [6, 6.07) is 9.34. The molecular formula is C17H28N2O. The molecule has 1 aromatic carbocycles. The number of nitrogens with zero attached hydrogens (tertiary/aromatic N) is 1. The molecular weight excluding hydrogens is 248 g/mol. The van der Waals surface area contributed by atoms with Crippen LogP contribution in [0.4, 0.5) is 0 Å². The minimum Gasteiger partial charge on any atom is -0.496 e. The highest BCUT2D eigenvalue weighted by molar-refractivity contribution is 5.35. The smallest absolute Gasteiger partial charge is 0.123 e. The SMILES string of the molecule is CCC(NC1CCN(C)CC1C)c1ccccc1OC. The van der Waals surface area contributed by atoms with Gasteiger partial charge < -0.3 is 15.0 Å².